The molecule has 0 aromatic heterocycles. The van der Waals surface area contributed by atoms with Crippen LogP contribution in [0.2, 0.25) is 0 Å². The number of carbonyl (C=O) groups excluding carboxylic acids is 1. The van der Waals surface area contributed by atoms with E-state index in [0.717, 1.165) is 5.56 Å². The van der Waals surface area contributed by atoms with Crippen molar-refractivity contribution in [3.05, 3.63) is 47.5 Å². The van der Waals surface area contributed by atoms with Crippen LogP contribution in [0.1, 0.15) is 11.1 Å². The second-order valence-corrected chi connectivity index (χ2v) is 5.26. The van der Waals surface area contributed by atoms with Crippen molar-refractivity contribution in [3.63, 3.8) is 0 Å². The summed E-state index contributed by atoms with van der Waals surface area (Å²) in [7, 11) is 0. The SMILES string of the molecule is Cc1ccc(CC(=O)N2CCOCC2)c2ccccc12. The summed E-state index contributed by atoms with van der Waals surface area (Å²) in [5, 5.41) is 2.42. The molecule has 1 aliphatic heterocycles. The number of benzene rings is 2. The van der Waals surface area contributed by atoms with Gasteiger partial charge in [0, 0.05) is 13.1 Å². The fraction of sp³-hybridized carbons (Fsp3) is 0.353. The standard InChI is InChI=1S/C17H19NO2/c1-13-6-7-14(16-5-3-2-4-15(13)16)12-17(19)18-8-10-20-11-9-18/h2-7H,8-12H2,1H3. The van der Waals surface area contributed by atoms with Gasteiger partial charge >= 0.3 is 0 Å². The van der Waals surface area contributed by atoms with Gasteiger partial charge in [0.1, 0.15) is 0 Å². The Balaban J connectivity index is 1.87. The topological polar surface area (TPSA) is 29.5 Å². The van der Waals surface area contributed by atoms with Gasteiger partial charge in [-0.2, -0.15) is 0 Å². The van der Waals surface area contributed by atoms with Crippen LogP contribution in [0.25, 0.3) is 10.8 Å². The van der Waals surface area contributed by atoms with Crippen LogP contribution in [0.3, 0.4) is 0 Å². The molecule has 20 heavy (non-hydrogen) atoms. The minimum atomic E-state index is 0.197. The predicted molar refractivity (Wildman–Crippen MR) is 79.8 cm³/mol. The van der Waals surface area contributed by atoms with E-state index < -0.39 is 0 Å². The predicted octanol–water partition coefficient (Wildman–Crippen LogP) is 2.55. The smallest absolute Gasteiger partial charge is 0.227 e. The fourth-order valence-electron chi connectivity index (χ4n) is 2.75. The van der Waals surface area contributed by atoms with Gasteiger partial charge in [0.25, 0.3) is 0 Å². The summed E-state index contributed by atoms with van der Waals surface area (Å²) in [6.45, 7) is 4.84. The van der Waals surface area contributed by atoms with Gasteiger partial charge < -0.3 is 9.64 Å². The lowest BCUT2D eigenvalue weighted by Crippen LogP contribution is -2.41. The van der Waals surface area contributed by atoms with Crippen LogP contribution < -0.4 is 0 Å². The van der Waals surface area contributed by atoms with Crippen molar-refractivity contribution in [1.82, 2.24) is 4.90 Å². The summed E-state index contributed by atoms with van der Waals surface area (Å²) in [6, 6.07) is 12.5. The summed E-state index contributed by atoms with van der Waals surface area (Å²) in [5.74, 6) is 0.197. The third-order valence-corrected chi connectivity index (χ3v) is 3.94. The van der Waals surface area contributed by atoms with Gasteiger partial charge in [0.2, 0.25) is 5.91 Å². The summed E-state index contributed by atoms with van der Waals surface area (Å²) in [6.07, 6.45) is 0.473. The Morgan fingerprint density at radius 3 is 2.55 bits per heavy atom. The molecule has 0 unspecified atom stereocenters. The molecule has 0 saturated carbocycles. The molecule has 104 valence electrons. The lowest BCUT2D eigenvalue weighted by Gasteiger charge is -2.27. The second-order valence-electron chi connectivity index (χ2n) is 5.26. The van der Waals surface area contributed by atoms with Crippen molar-refractivity contribution >= 4 is 16.7 Å². The van der Waals surface area contributed by atoms with Gasteiger partial charge in [-0.3, -0.25) is 4.79 Å². The van der Waals surface area contributed by atoms with Crippen LogP contribution in [0.5, 0.6) is 0 Å². The number of nitrogens with zero attached hydrogens (tertiary/aromatic N) is 1. The molecule has 1 aliphatic rings. The zero-order valence-electron chi connectivity index (χ0n) is 11.8. The first-order chi connectivity index (χ1) is 9.75. The van der Waals surface area contributed by atoms with Crippen LogP contribution in [0.4, 0.5) is 0 Å². The average molecular weight is 269 g/mol. The molecular formula is C17H19NO2. The summed E-state index contributed by atoms with van der Waals surface area (Å²) in [5.41, 5.74) is 2.37. The Morgan fingerprint density at radius 1 is 1.10 bits per heavy atom. The molecule has 0 bridgehead atoms. The number of fused-ring (bicyclic) bond motifs is 1. The number of morpholine rings is 1. The number of carbonyl (C=O) groups is 1. The molecule has 1 saturated heterocycles. The van der Waals surface area contributed by atoms with Gasteiger partial charge in [0.15, 0.2) is 0 Å². The van der Waals surface area contributed by atoms with E-state index in [9.17, 15) is 4.79 Å². The van der Waals surface area contributed by atoms with Crippen molar-refractivity contribution in [2.75, 3.05) is 26.3 Å². The lowest BCUT2D eigenvalue weighted by molar-refractivity contribution is -0.134. The fourth-order valence-corrected chi connectivity index (χ4v) is 2.75. The Hall–Kier alpha value is -1.87. The third-order valence-electron chi connectivity index (χ3n) is 3.94. The number of hydrogen-bond acceptors (Lipinski definition) is 2. The van der Waals surface area contributed by atoms with Crippen LogP contribution >= 0.6 is 0 Å². The van der Waals surface area contributed by atoms with Gasteiger partial charge in [0.05, 0.1) is 19.6 Å². The first-order valence-electron chi connectivity index (χ1n) is 7.08. The molecule has 0 radical (unpaired) electrons. The highest BCUT2D eigenvalue weighted by molar-refractivity contribution is 5.92. The van der Waals surface area contributed by atoms with Crippen molar-refractivity contribution in [2.45, 2.75) is 13.3 Å². The van der Waals surface area contributed by atoms with Gasteiger partial charge in [-0.05, 0) is 28.8 Å². The maximum atomic E-state index is 12.4. The molecule has 2 aromatic rings. The zero-order chi connectivity index (χ0) is 13.9. The van der Waals surface area contributed by atoms with E-state index in [4.69, 9.17) is 4.74 Å². The quantitative estimate of drug-likeness (QED) is 0.838. The third kappa shape index (κ3) is 2.54. The van der Waals surface area contributed by atoms with Gasteiger partial charge in [-0.15, -0.1) is 0 Å². The molecule has 3 heteroatoms. The number of aryl methyl sites for hydroxylation is 1. The largest absolute Gasteiger partial charge is 0.378 e. The highest BCUT2D eigenvalue weighted by Gasteiger charge is 2.17. The minimum Gasteiger partial charge on any atom is -0.378 e. The van der Waals surface area contributed by atoms with E-state index >= 15 is 0 Å². The molecule has 1 amide bonds. The number of ether oxygens (including phenoxy) is 1. The summed E-state index contributed by atoms with van der Waals surface area (Å²) >= 11 is 0. The average Bonchev–Trinajstić information content (AvgIpc) is 2.51. The maximum Gasteiger partial charge on any atom is 0.227 e. The number of hydrogen-bond donors (Lipinski definition) is 0. The van der Waals surface area contributed by atoms with E-state index in [-0.39, 0.29) is 5.91 Å². The molecule has 2 aromatic carbocycles. The van der Waals surface area contributed by atoms with Crippen LogP contribution in [-0.2, 0) is 16.0 Å². The Kier molecular flexibility index (Phi) is 3.70. The zero-order valence-corrected chi connectivity index (χ0v) is 11.8. The van der Waals surface area contributed by atoms with Crippen molar-refractivity contribution in [1.29, 1.82) is 0 Å². The van der Waals surface area contributed by atoms with E-state index in [1.54, 1.807) is 0 Å². The highest BCUT2D eigenvalue weighted by atomic mass is 16.5. The summed E-state index contributed by atoms with van der Waals surface area (Å²) in [4.78, 5) is 14.3. The summed E-state index contributed by atoms with van der Waals surface area (Å²) < 4.78 is 5.29. The molecule has 1 fully saturated rings. The molecule has 1 heterocycles. The Morgan fingerprint density at radius 2 is 1.80 bits per heavy atom. The Bertz CT molecular complexity index is 630. The first-order valence-corrected chi connectivity index (χ1v) is 7.08. The molecule has 0 aliphatic carbocycles. The molecule has 0 atom stereocenters. The van der Waals surface area contributed by atoms with Crippen LogP contribution in [-0.4, -0.2) is 37.1 Å². The molecule has 3 rings (SSSR count). The van der Waals surface area contributed by atoms with Crippen LogP contribution in [0.15, 0.2) is 36.4 Å². The van der Waals surface area contributed by atoms with Crippen LogP contribution in [0, 0.1) is 6.92 Å². The lowest BCUT2D eigenvalue weighted by atomic mass is 9.98. The van der Waals surface area contributed by atoms with E-state index in [1.165, 1.54) is 16.3 Å². The van der Waals surface area contributed by atoms with E-state index in [2.05, 4.69) is 31.2 Å². The highest BCUT2D eigenvalue weighted by Crippen LogP contribution is 2.23. The Labute approximate surface area is 119 Å². The van der Waals surface area contributed by atoms with Gasteiger partial charge in [-0.25, -0.2) is 0 Å². The van der Waals surface area contributed by atoms with Gasteiger partial charge in [-0.1, -0.05) is 36.4 Å². The van der Waals surface area contributed by atoms with Crippen molar-refractivity contribution in [2.24, 2.45) is 0 Å². The van der Waals surface area contributed by atoms with E-state index in [0.29, 0.717) is 32.7 Å². The molecule has 3 nitrogen and oxygen atoms in total. The minimum absolute atomic E-state index is 0.197. The van der Waals surface area contributed by atoms with Crippen molar-refractivity contribution in [3.8, 4) is 0 Å². The molecule has 0 spiro atoms. The van der Waals surface area contributed by atoms with Crippen molar-refractivity contribution < 1.29 is 9.53 Å². The number of rotatable bonds is 2. The van der Waals surface area contributed by atoms with E-state index in [1.807, 2.05) is 17.0 Å². The monoisotopic (exact) mass is 269 g/mol. The first kappa shape index (κ1) is 13.1. The molecular weight excluding hydrogens is 250 g/mol. The number of amides is 1. The normalized spacial score (nSPS) is 15.6. The molecule has 0 N–H and O–H groups in total. The maximum absolute atomic E-state index is 12.4. The second kappa shape index (κ2) is 5.63.